The SMILES string of the molecule is COc1ccc(C)cc1NS(=O)(=O)c1ccc(NC(=O)CN(c2ccccc2F)S(=O)(=O)c2ccccc2)cc1. The van der Waals surface area contributed by atoms with E-state index in [2.05, 4.69) is 10.0 Å². The number of benzene rings is 4. The molecule has 0 fully saturated rings. The first kappa shape index (κ1) is 28.6. The summed E-state index contributed by atoms with van der Waals surface area (Å²) in [5, 5.41) is 2.54. The lowest BCUT2D eigenvalue weighted by atomic mass is 10.2. The van der Waals surface area contributed by atoms with Gasteiger partial charge in [-0.25, -0.2) is 21.2 Å². The predicted molar refractivity (Wildman–Crippen MR) is 151 cm³/mol. The van der Waals surface area contributed by atoms with E-state index in [1.54, 1.807) is 24.3 Å². The Balaban J connectivity index is 1.54. The molecular weight excluding hydrogens is 557 g/mol. The van der Waals surface area contributed by atoms with E-state index in [1.807, 2.05) is 6.92 Å². The lowest BCUT2D eigenvalue weighted by Gasteiger charge is -2.24. The van der Waals surface area contributed by atoms with Gasteiger partial charge in [0.1, 0.15) is 18.1 Å². The van der Waals surface area contributed by atoms with Crippen molar-refractivity contribution in [1.29, 1.82) is 0 Å². The molecule has 0 aliphatic rings. The summed E-state index contributed by atoms with van der Waals surface area (Å²) in [5.41, 5.74) is 1.02. The number of methoxy groups -OCH3 is 1. The van der Waals surface area contributed by atoms with Crippen LogP contribution in [-0.4, -0.2) is 36.4 Å². The van der Waals surface area contributed by atoms with Gasteiger partial charge in [0.2, 0.25) is 5.91 Å². The molecular formula is C28H26FN3O6S2. The largest absolute Gasteiger partial charge is 0.495 e. The summed E-state index contributed by atoms with van der Waals surface area (Å²) in [4.78, 5) is 12.7. The van der Waals surface area contributed by atoms with Gasteiger partial charge in [-0.1, -0.05) is 36.4 Å². The summed E-state index contributed by atoms with van der Waals surface area (Å²) >= 11 is 0. The van der Waals surface area contributed by atoms with Gasteiger partial charge in [0.15, 0.2) is 0 Å². The van der Waals surface area contributed by atoms with Gasteiger partial charge in [0, 0.05) is 5.69 Å². The maximum absolute atomic E-state index is 14.6. The molecule has 4 rings (SSSR count). The summed E-state index contributed by atoms with van der Waals surface area (Å²) in [7, 11) is -6.85. The van der Waals surface area contributed by atoms with Crippen LogP contribution in [-0.2, 0) is 24.8 Å². The molecule has 40 heavy (non-hydrogen) atoms. The molecule has 0 saturated carbocycles. The number of hydrogen-bond acceptors (Lipinski definition) is 6. The third-order valence-electron chi connectivity index (χ3n) is 5.79. The Bertz CT molecular complexity index is 1730. The zero-order valence-electron chi connectivity index (χ0n) is 21.5. The van der Waals surface area contributed by atoms with Crippen LogP contribution in [0, 0.1) is 12.7 Å². The van der Waals surface area contributed by atoms with Crippen molar-refractivity contribution in [1.82, 2.24) is 0 Å². The van der Waals surface area contributed by atoms with Crippen molar-refractivity contribution in [2.24, 2.45) is 0 Å². The zero-order valence-corrected chi connectivity index (χ0v) is 23.2. The van der Waals surface area contributed by atoms with Crippen LogP contribution < -0.4 is 19.1 Å². The van der Waals surface area contributed by atoms with E-state index in [0.29, 0.717) is 10.1 Å². The van der Waals surface area contributed by atoms with Gasteiger partial charge in [-0.05, 0) is 73.2 Å². The van der Waals surface area contributed by atoms with E-state index < -0.39 is 38.3 Å². The Kier molecular flexibility index (Phi) is 8.40. The number of halogens is 1. The number of sulfonamides is 2. The fraction of sp³-hybridized carbons (Fsp3) is 0.107. The van der Waals surface area contributed by atoms with Gasteiger partial charge >= 0.3 is 0 Å². The topological polar surface area (TPSA) is 122 Å². The van der Waals surface area contributed by atoms with Gasteiger partial charge in [-0.2, -0.15) is 0 Å². The molecule has 4 aromatic carbocycles. The summed E-state index contributed by atoms with van der Waals surface area (Å²) in [5.74, 6) is -1.23. The van der Waals surface area contributed by atoms with Crippen LogP contribution >= 0.6 is 0 Å². The molecule has 9 nitrogen and oxygen atoms in total. The van der Waals surface area contributed by atoms with Crippen LogP contribution in [0.3, 0.4) is 0 Å². The van der Waals surface area contributed by atoms with Crippen molar-refractivity contribution in [3.8, 4) is 5.75 Å². The first-order valence-corrected chi connectivity index (χ1v) is 14.8. The van der Waals surface area contributed by atoms with E-state index in [1.165, 1.54) is 73.8 Å². The second kappa shape index (κ2) is 11.8. The van der Waals surface area contributed by atoms with Crippen LogP contribution in [0.2, 0.25) is 0 Å². The highest BCUT2D eigenvalue weighted by atomic mass is 32.2. The molecule has 0 heterocycles. The minimum atomic E-state index is -4.29. The number of hydrogen-bond donors (Lipinski definition) is 2. The smallest absolute Gasteiger partial charge is 0.264 e. The molecule has 0 saturated heterocycles. The summed E-state index contributed by atoms with van der Waals surface area (Å²) in [6, 6.07) is 23.0. The highest BCUT2D eigenvalue weighted by Gasteiger charge is 2.29. The molecule has 0 spiro atoms. The number of aryl methyl sites for hydroxylation is 1. The molecule has 0 aromatic heterocycles. The third-order valence-corrected chi connectivity index (χ3v) is 8.94. The van der Waals surface area contributed by atoms with Crippen LogP contribution in [0.5, 0.6) is 5.75 Å². The number of ether oxygens (including phenoxy) is 1. The number of nitrogens with zero attached hydrogens (tertiary/aromatic N) is 1. The van der Waals surface area contributed by atoms with Crippen LogP contribution in [0.4, 0.5) is 21.5 Å². The molecule has 12 heteroatoms. The number of para-hydroxylation sites is 1. The normalized spacial score (nSPS) is 11.5. The molecule has 2 N–H and O–H groups in total. The van der Waals surface area contributed by atoms with Gasteiger partial charge in [0.25, 0.3) is 20.0 Å². The number of amides is 1. The van der Waals surface area contributed by atoms with Crippen molar-refractivity contribution < 1.29 is 30.8 Å². The van der Waals surface area contributed by atoms with Crippen molar-refractivity contribution in [3.05, 3.63) is 108 Å². The first-order chi connectivity index (χ1) is 19.0. The van der Waals surface area contributed by atoms with Crippen molar-refractivity contribution in [3.63, 3.8) is 0 Å². The Morgan fingerprint density at radius 1 is 0.850 bits per heavy atom. The van der Waals surface area contributed by atoms with Crippen LogP contribution in [0.15, 0.2) is 107 Å². The average Bonchev–Trinajstić information content (AvgIpc) is 2.93. The molecule has 208 valence electrons. The molecule has 0 unspecified atom stereocenters. The van der Waals surface area contributed by atoms with Crippen LogP contribution in [0.25, 0.3) is 0 Å². The molecule has 0 atom stereocenters. The molecule has 0 aliphatic heterocycles. The fourth-order valence-electron chi connectivity index (χ4n) is 3.83. The van der Waals surface area contributed by atoms with Crippen LogP contribution in [0.1, 0.15) is 5.56 Å². The number of carbonyl (C=O) groups excluding carboxylic acids is 1. The van der Waals surface area contributed by atoms with Crippen molar-refractivity contribution >= 4 is 43.0 Å². The highest BCUT2D eigenvalue weighted by molar-refractivity contribution is 7.93. The number of anilines is 3. The third kappa shape index (κ3) is 6.41. The quantitative estimate of drug-likeness (QED) is 0.277. The maximum atomic E-state index is 14.6. The van der Waals surface area contributed by atoms with E-state index in [4.69, 9.17) is 4.74 Å². The first-order valence-electron chi connectivity index (χ1n) is 11.9. The van der Waals surface area contributed by atoms with Crippen molar-refractivity contribution in [2.45, 2.75) is 16.7 Å². The van der Waals surface area contributed by atoms with Gasteiger partial charge in [-0.3, -0.25) is 13.8 Å². The van der Waals surface area contributed by atoms with Crippen molar-refractivity contribution in [2.75, 3.05) is 28.0 Å². The standard InChI is InChI=1S/C28H26FN3O6S2/c1-20-12-17-27(38-2)25(18-20)31-39(34,35)22-15-13-21(14-16-22)30-28(33)19-32(26-11-7-6-10-24(26)29)40(36,37)23-8-4-3-5-9-23/h3-18,31H,19H2,1-2H3,(H,30,33). The van der Waals surface area contributed by atoms with Gasteiger partial charge in [-0.15, -0.1) is 0 Å². The summed E-state index contributed by atoms with van der Waals surface area (Å²) in [6.07, 6.45) is 0. The maximum Gasteiger partial charge on any atom is 0.264 e. The average molecular weight is 584 g/mol. The predicted octanol–water partition coefficient (Wildman–Crippen LogP) is 4.78. The zero-order chi connectivity index (χ0) is 28.9. The number of nitrogens with one attached hydrogen (secondary N) is 2. The van der Waals surface area contributed by atoms with E-state index in [0.717, 1.165) is 11.6 Å². The Labute approximate surface area is 232 Å². The molecule has 1 amide bonds. The van der Waals surface area contributed by atoms with E-state index in [9.17, 15) is 26.0 Å². The number of rotatable bonds is 10. The Morgan fingerprint density at radius 2 is 1.50 bits per heavy atom. The van der Waals surface area contributed by atoms with E-state index in [-0.39, 0.29) is 26.9 Å². The Morgan fingerprint density at radius 3 is 2.15 bits per heavy atom. The van der Waals surface area contributed by atoms with Gasteiger partial charge in [0.05, 0.1) is 28.3 Å². The van der Waals surface area contributed by atoms with Gasteiger partial charge < -0.3 is 10.1 Å². The minimum Gasteiger partial charge on any atom is -0.495 e. The number of carbonyl (C=O) groups is 1. The molecule has 0 aliphatic carbocycles. The minimum absolute atomic E-state index is 0.0753. The lowest BCUT2D eigenvalue weighted by molar-refractivity contribution is -0.114. The summed E-state index contributed by atoms with van der Waals surface area (Å²) < 4.78 is 75.6. The Hall–Kier alpha value is -4.42. The molecule has 0 radical (unpaired) electrons. The lowest BCUT2D eigenvalue weighted by Crippen LogP contribution is -2.38. The highest BCUT2D eigenvalue weighted by Crippen LogP contribution is 2.29. The molecule has 0 bridgehead atoms. The second-order valence-electron chi connectivity index (χ2n) is 8.66. The second-order valence-corrected chi connectivity index (χ2v) is 12.2. The molecule has 4 aromatic rings. The van der Waals surface area contributed by atoms with E-state index >= 15 is 0 Å². The monoisotopic (exact) mass is 583 g/mol. The fourth-order valence-corrected chi connectivity index (χ4v) is 6.34. The summed E-state index contributed by atoms with van der Waals surface area (Å²) in [6.45, 7) is 1.08.